The summed E-state index contributed by atoms with van der Waals surface area (Å²) < 4.78 is 8.68. The smallest absolute Gasteiger partial charge is 0.222 e. The van der Waals surface area contributed by atoms with Gasteiger partial charge in [-0.1, -0.05) is 49.1 Å². The average Bonchev–Trinajstić information content (AvgIpc) is 2.84. The van der Waals surface area contributed by atoms with E-state index >= 15 is 0 Å². The zero-order valence-electron chi connectivity index (χ0n) is 17.9. The topological polar surface area (TPSA) is 72.0 Å². The molecule has 1 aliphatic carbocycles. The Morgan fingerprint density at radius 1 is 1.03 bits per heavy atom. The number of ether oxygens (including phenoxy) is 1. The molecule has 0 radical (unpaired) electrons. The number of nitrogens with one attached hydrogen (secondary N) is 2. The molecular formula is C24H26ClN5OS. The summed E-state index contributed by atoms with van der Waals surface area (Å²) in [6.07, 6.45) is 13.8. The van der Waals surface area contributed by atoms with Gasteiger partial charge in [0, 0.05) is 34.5 Å². The molecule has 0 unspecified atom stereocenters. The predicted molar refractivity (Wildman–Crippen MR) is 133 cm³/mol. The van der Waals surface area contributed by atoms with Crippen LogP contribution in [0.25, 0.3) is 12.2 Å². The number of rotatable bonds is 8. The lowest BCUT2D eigenvalue weighted by molar-refractivity contribution is 0.397. The molecule has 0 atom stereocenters. The number of pyridine rings is 1. The van der Waals surface area contributed by atoms with Crippen molar-refractivity contribution >= 4 is 47.5 Å². The van der Waals surface area contributed by atoms with Crippen LogP contribution in [0.2, 0.25) is 5.02 Å². The van der Waals surface area contributed by atoms with Crippen molar-refractivity contribution < 1.29 is 4.74 Å². The predicted octanol–water partition coefficient (Wildman–Crippen LogP) is 6.57. The molecule has 0 amide bonds. The van der Waals surface area contributed by atoms with Crippen molar-refractivity contribution in [2.24, 2.45) is 0 Å². The van der Waals surface area contributed by atoms with Crippen LogP contribution in [0.5, 0.6) is 5.88 Å². The Morgan fingerprint density at radius 2 is 1.81 bits per heavy atom. The van der Waals surface area contributed by atoms with Gasteiger partial charge in [0.1, 0.15) is 5.82 Å². The highest BCUT2D eigenvalue weighted by molar-refractivity contribution is 8.00. The van der Waals surface area contributed by atoms with Gasteiger partial charge in [-0.25, -0.2) is 9.97 Å². The highest BCUT2D eigenvalue weighted by Crippen LogP contribution is 2.29. The molecule has 2 aromatic heterocycles. The Hall–Kier alpha value is -2.77. The van der Waals surface area contributed by atoms with Gasteiger partial charge in [0.05, 0.1) is 12.1 Å². The summed E-state index contributed by atoms with van der Waals surface area (Å²) >= 11 is 7.61. The summed E-state index contributed by atoms with van der Waals surface area (Å²) in [4.78, 5) is 14.4. The van der Waals surface area contributed by atoms with Crippen molar-refractivity contribution in [3.63, 3.8) is 0 Å². The van der Waals surface area contributed by atoms with E-state index in [1.165, 1.54) is 44.1 Å². The van der Waals surface area contributed by atoms with E-state index in [1.807, 2.05) is 60.9 Å². The van der Waals surface area contributed by atoms with E-state index < -0.39 is 0 Å². The van der Waals surface area contributed by atoms with Crippen molar-refractivity contribution in [2.45, 2.75) is 43.0 Å². The maximum atomic E-state index is 6.20. The van der Waals surface area contributed by atoms with Gasteiger partial charge in [0.25, 0.3) is 0 Å². The zero-order chi connectivity index (χ0) is 22.2. The summed E-state index contributed by atoms with van der Waals surface area (Å²) in [5.74, 6) is 1.91. The van der Waals surface area contributed by atoms with Gasteiger partial charge < -0.3 is 14.8 Å². The minimum atomic E-state index is 0.490. The third-order valence-corrected chi connectivity index (χ3v) is 6.58. The minimum Gasteiger partial charge on any atom is -0.481 e. The van der Waals surface area contributed by atoms with Crippen molar-refractivity contribution in [2.75, 3.05) is 17.1 Å². The number of methoxy groups -OCH3 is 1. The van der Waals surface area contributed by atoms with Crippen LogP contribution in [0.1, 0.15) is 43.2 Å². The number of halogens is 1. The first kappa shape index (κ1) is 22.4. The van der Waals surface area contributed by atoms with E-state index in [4.69, 9.17) is 16.3 Å². The summed E-state index contributed by atoms with van der Waals surface area (Å²) in [7, 11) is 1.61. The molecular weight excluding hydrogens is 442 g/mol. The summed E-state index contributed by atoms with van der Waals surface area (Å²) in [5, 5.41) is 4.13. The molecule has 1 aromatic carbocycles. The molecule has 4 rings (SSSR count). The fourth-order valence-electron chi connectivity index (χ4n) is 3.55. The highest BCUT2D eigenvalue weighted by Gasteiger charge is 2.13. The molecule has 3 aromatic rings. The molecule has 166 valence electrons. The van der Waals surface area contributed by atoms with Crippen LogP contribution in [0.4, 0.5) is 11.8 Å². The second-order valence-corrected chi connectivity index (χ2v) is 8.84. The Morgan fingerprint density at radius 3 is 2.56 bits per heavy atom. The second kappa shape index (κ2) is 11.2. The van der Waals surface area contributed by atoms with Crippen molar-refractivity contribution in [3.05, 3.63) is 64.9 Å². The molecule has 0 aliphatic heterocycles. The Kier molecular flexibility index (Phi) is 7.85. The number of nitrogens with zero attached hydrogens (tertiary/aromatic N) is 3. The first-order valence-corrected chi connectivity index (χ1v) is 11.9. The normalized spacial score (nSPS) is 14.4. The van der Waals surface area contributed by atoms with Crippen LogP contribution in [0.3, 0.4) is 0 Å². The Labute approximate surface area is 198 Å². The number of hydrogen-bond acceptors (Lipinski definition) is 7. The van der Waals surface area contributed by atoms with Gasteiger partial charge in [0.2, 0.25) is 11.8 Å². The van der Waals surface area contributed by atoms with E-state index in [1.54, 1.807) is 7.11 Å². The Balaban J connectivity index is 1.38. The van der Waals surface area contributed by atoms with E-state index in [0.29, 0.717) is 28.7 Å². The lowest BCUT2D eigenvalue weighted by atomic mass is 9.96. The Bertz CT molecular complexity index is 1050. The van der Waals surface area contributed by atoms with Crippen molar-refractivity contribution in [1.82, 2.24) is 15.0 Å². The third-order valence-electron chi connectivity index (χ3n) is 5.25. The quantitative estimate of drug-likeness (QED) is 0.363. The maximum absolute atomic E-state index is 6.20. The monoisotopic (exact) mass is 467 g/mol. The van der Waals surface area contributed by atoms with Crippen molar-refractivity contribution in [3.8, 4) is 5.88 Å². The molecule has 0 bridgehead atoms. The van der Waals surface area contributed by atoms with E-state index in [9.17, 15) is 0 Å². The van der Waals surface area contributed by atoms with Crippen LogP contribution in [0.15, 0.2) is 53.7 Å². The van der Waals surface area contributed by atoms with Crippen LogP contribution >= 0.6 is 23.5 Å². The highest BCUT2D eigenvalue weighted by atomic mass is 35.5. The van der Waals surface area contributed by atoms with Crippen LogP contribution < -0.4 is 14.8 Å². The molecule has 1 saturated carbocycles. The van der Waals surface area contributed by atoms with Gasteiger partial charge in [0.15, 0.2) is 0 Å². The van der Waals surface area contributed by atoms with E-state index in [-0.39, 0.29) is 0 Å². The largest absolute Gasteiger partial charge is 0.481 e. The number of anilines is 2. The first-order chi connectivity index (χ1) is 15.7. The molecule has 2 heterocycles. The first-order valence-electron chi connectivity index (χ1n) is 10.7. The molecule has 1 fully saturated rings. The standard InChI is InChI=1S/C24H26ClN5OS/c1-31-23-18(13-14-22(29-23)30-32-21-10-6-5-9-20(21)25)12-11-17-15-26-24(27-16-17)28-19-7-3-2-4-8-19/h5-6,9-16,19H,2-4,7-8H2,1H3,(H,29,30)(H,26,27,28)/b12-11+. The maximum Gasteiger partial charge on any atom is 0.222 e. The zero-order valence-corrected chi connectivity index (χ0v) is 19.5. The number of aromatic nitrogens is 3. The SMILES string of the molecule is COc1nc(NSc2ccccc2Cl)ccc1/C=C/c1cnc(NC2CCCCC2)nc1. The number of hydrogen-bond donors (Lipinski definition) is 2. The van der Waals surface area contributed by atoms with Gasteiger partial charge in [-0.15, -0.1) is 0 Å². The lowest BCUT2D eigenvalue weighted by Gasteiger charge is -2.22. The van der Waals surface area contributed by atoms with Gasteiger partial charge in [-0.05, 0) is 55.1 Å². The molecule has 6 nitrogen and oxygen atoms in total. The average molecular weight is 468 g/mol. The summed E-state index contributed by atoms with van der Waals surface area (Å²) in [5.41, 5.74) is 1.78. The third kappa shape index (κ3) is 6.14. The molecule has 2 N–H and O–H groups in total. The van der Waals surface area contributed by atoms with Crippen molar-refractivity contribution in [1.29, 1.82) is 0 Å². The van der Waals surface area contributed by atoms with E-state index in [2.05, 4.69) is 25.0 Å². The van der Waals surface area contributed by atoms with Crippen LogP contribution in [0, 0.1) is 0 Å². The van der Waals surface area contributed by atoms with E-state index in [0.717, 1.165) is 16.0 Å². The second-order valence-electron chi connectivity index (χ2n) is 7.58. The summed E-state index contributed by atoms with van der Waals surface area (Å²) in [6.45, 7) is 0. The lowest BCUT2D eigenvalue weighted by Crippen LogP contribution is -2.23. The van der Waals surface area contributed by atoms with Gasteiger partial charge in [-0.2, -0.15) is 4.98 Å². The fraction of sp³-hybridized carbons (Fsp3) is 0.292. The van der Waals surface area contributed by atoms with Crippen LogP contribution in [-0.4, -0.2) is 28.1 Å². The molecule has 1 aliphatic rings. The molecule has 0 spiro atoms. The minimum absolute atomic E-state index is 0.490. The fourth-order valence-corrected chi connectivity index (χ4v) is 4.44. The molecule has 32 heavy (non-hydrogen) atoms. The molecule has 0 saturated heterocycles. The van der Waals surface area contributed by atoms with Crippen LogP contribution in [-0.2, 0) is 0 Å². The van der Waals surface area contributed by atoms with Gasteiger partial charge >= 0.3 is 0 Å². The molecule has 8 heteroatoms. The number of benzene rings is 1. The summed E-state index contributed by atoms with van der Waals surface area (Å²) in [6, 6.07) is 12.0. The van der Waals surface area contributed by atoms with Gasteiger partial charge in [-0.3, -0.25) is 0 Å².